The van der Waals surface area contributed by atoms with Gasteiger partial charge in [-0.15, -0.1) is 0 Å². The van der Waals surface area contributed by atoms with Crippen molar-refractivity contribution in [2.45, 2.75) is 39.5 Å². The number of carbonyl (C=O) groups is 2. The second-order valence-corrected chi connectivity index (χ2v) is 8.30. The van der Waals surface area contributed by atoms with Crippen molar-refractivity contribution in [2.75, 3.05) is 0 Å². The van der Waals surface area contributed by atoms with Crippen LogP contribution in [0, 0.1) is 0 Å². The lowest BCUT2D eigenvalue weighted by atomic mass is 10.1. The van der Waals surface area contributed by atoms with Crippen molar-refractivity contribution in [1.82, 2.24) is 10.6 Å². The molecule has 0 aliphatic carbocycles. The molecule has 6 heteroatoms. The Kier molecular flexibility index (Phi) is 7.63. The number of carbonyl (C=O) groups excluding carboxylic acids is 2. The van der Waals surface area contributed by atoms with Gasteiger partial charge in [-0.1, -0.05) is 42.5 Å². The van der Waals surface area contributed by atoms with E-state index in [0.717, 1.165) is 11.1 Å². The van der Waals surface area contributed by atoms with Crippen LogP contribution < -0.4 is 10.6 Å². The molecule has 1 heterocycles. The molecule has 0 fully saturated rings. The van der Waals surface area contributed by atoms with Gasteiger partial charge in [-0.3, -0.25) is 9.59 Å². The van der Waals surface area contributed by atoms with Crippen LogP contribution in [0.15, 0.2) is 83.1 Å². The van der Waals surface area contributed by atoms with E-state index in [1.807, 2.05) is 51.1 Å². The third kappa shape index (κ3) is 7.25. The Hall–Kier alpha value is -3.64. The van der Waals surface area contributed by atoms with Crippen molar-refractivity contribution < 1.29 is 18.7 Å². The normalized spacial score (nSPS) is 11.8. The van der Waals surface area contributed by atoms with Gasteiger partial charge in [0.1, 0.15) is 11.5 Å². The van der Waals surface area contributed by atoms with E-state index in [2.05, 4.69) is 10.6 Å². The van der Waals surface area contributed by atoms with Crippen LogP contribution in [0.3, 0.4) is 0 Å². The molecule has 0 aliphatic heterocycles. The topological polar surface area (TPSA) is 80.6 Å². The van der Waals surface area contributed by atoms with E-state index in [9.17, 15) is 9.59 Å². The first-order valence-corrected chi connectivity index (χ1v) is 10.4. The fourth-order valence-corrected chi connectivity index (χ4v) is 2.86. The summed E-state index contributed by atoms with van der Waals surface area (Å²) in [5, 5.41) is 5.55. The summed E-state index contributed by atoms with van der Waals surface area (Å²) in [6.45, 7) is 6.82. The van der Waals surface area contributed by atoms with Crippen LogP contribution in [0.5, 0.6) is 0 Å². The minimum Gasteiger partial charge on any atom is -0.465 e. The van der Waals surface area contributed by atoms with Gasteiger partial charge >= 0.3 is 0 Å². The van der Waals surface area contributed by atoms with Gasteiger partial charge < -0.3 is 19.8 Å². The Morgan fingerprint density at radius 1 is 0.969 bits per heavy atom. The van der Waals surface area contributed by atoms with Crippen molar-refractivity contribution in [2.24, 2.45) is 0 Å². The number of ether oxygens (including phenoxy) is 1. The van der Waals surface area contributed by atoms with E-state index in [1.54, 1.807) is 36.4 Å². The number of benzene rings is 2. The lowest BCUT2D eigenvalue weighted by Gasteiger charge is -2.19. The molecule has 2 aromatic carbocycles. The van der Waals surface area contributed by atoms with Crippen LogP contribution in [0.4, 0.5) is 0 Å². The molecule has 32 heavy (non-hydrogen) atoms. The molecule has 0 saturated carbocycles. The van der Waals surface area contributed by atoms with Gasteiger partial charge in [0.25, 0.3) is 11.8 Å². The number of hydrogen-bond acceptors (Lipinski definition) is 4. The Morgan fingerprint density at radius 3 is 2.41 bits per heavy atom. The van der Waals surface area contributed by atoms with Gasteiger partial charge in [-0.25, -0.2) is 0 Å². The third-order valence-corrected chi connectivity index (χ3v) is 4.47. The molecule has 0 atom stereocenters. The number of furan rings is 1. The van der Waals surface area contributed by atoms with E-state index in [4.69, 9.17) is 9.15 Å². The van der Waals surface area contributed by atoms with E-state index in [1.165, 1.54) is 12.3 Å². The summed E-state index contributed by atoms with van der Waals surface area (Å²) in [6, 6.07) is 20.0. The molecule has 6 nitrogen and oxygen atoms in total. The van der Waals surface area contributed by atoms with Gasteiger partial charge in [-0.2, -0.15) is 0 Å². The first-order chi connectivity index (χ1) is 15.3. The number of amides is 2. The van der Waals surface area contributed by atoms with Crippen LogP contribution >= 0.6 is 0 Å². The fraction of sp³-hybridized carbons (Fsp3) is 0.231. The molecule has 0 unspecified atom stereocenters. The van der Waals surface area contributed by atoms with Crippen molar-refractivity contribution in [3.05, 3.63) is 101 Å². The highest BCUT2D eigenvalue weighted by Gasteiger charge is 2.15. The summed E-state index contributed by atoms with van der Waals surface area (Å²) >= 11 is 0. The predicted octanol–water partition coefficient (Wildman–Crippen LogP) is 4.68. The van der Waals surface area contributed by atoms with Crippen LogP contribution in [0.2, 0.25) is 0 Å². The number of hydrogen-bond donors (Lipinski definition) is 2. The highest BCUT2D eigenvalue weighted by Crippen LogP contribution is 2.13. The lowest BCUT2D eigenvalue weighted by molar-refractivity contribution is -0.117. The SMILES string of the molecule is CC(C)(C)OCc1cccc(CNC(=O)/C(=C/c2ccco2)NC(=O)c2ccccc2)c1. The monoisotopic (exact) mass is 432 g/mol. The number of rotatable bonds is 8. The minimum absolute atomic E-state index is 0.0982. The smallest absolute Gasteiger partial charge is 0.268 e. The molecule has 2 N–H and O–H groups in total. The first-order valence-electron chi connectivity index (χ1n) is 10.4. The zero-order chi connectivity index (χ0) is 23.0. The summed E-state index contributed by atoms with van der Waals surface area (Å²) in [7, 11) is 0. The summed E-state index contributed by atoms with van der Waals surface area (Å²) in [5.41, 5.74) is 2.28. The maximum atomic E-state index is 12.9. The average molecular weight is 433 g/mol. The second-order valence-electron chi connectivity index (χ2n) is 8.30. The van der Waals surface area contributed by atoms with Crippen molar-refractivity contribution in [1.29, 1.82) is 0 Å². The molecular weight excluding hydrogens is 404 g/mol. The third-order valence-electron chi connectivity index (χ3n) is 4.47. The molecule has 0 spiro atoms. The second kappa shape index (κ2) is 10.6. The maximum absolute atomic E-state index is 12.9. The van der Waals surface area contributed by atoms with Gasteiger partial charge in [0, 0.05) is 18.2 Å². The molecule has 2 amide bonds. The largest absolute Gasteiger partial charge is 0.465 e. The van der Waals surface area contributed by atoms with Crippen LogP contribution in [-0.2, 0) is 22.7 Å². The summed E-state index contributed by atoms with van der Waals surface area (Å²) in [4.78, 5) is 25.5. The Bertz CT molecular complexity index is 1060. The molecule has 166 valence electrons. The minimum atomic E-state index is -0.415. The standard InChI is InChI=1S/C26H28N2O4/c1-26(2,3)32-18-20-10-7-9-19(15-20)17-27-25(30)23(16-22-13-8-14-31-22)28-24(29)21-11-5-4-6-12-21/h4-16H,17-18H2,1-3H3,(H,27,30)(H,28,29)/b23-16-. The molecule has 0 radical (unpaired) electrons. The molecular formula is C26H28N2O4. The van der Waals surface area contributed by atoms with Crippen LogP contribution in [-0.4, -0.2) is 17.4 Å². The van der Waals surface area contributed by atoms with Gasteiger partial charge in [0.15, 0.2) is 0 Å². The highest BCUT2D eigenvalue weighted by atomic mass is 16.5. The molecule has 1 aromatic heterocycles. The van der Waals surface area contributed by atoms with E-state index >= 15 is 0 Å². The average Bonchev–Trinajstić information content (AvgIpc) is 3.29. The summed E-state index contributed by atoms with van der Waals surface area (Å²) < 4.78 is 11.1. The van der Waals surface area contributed by atoms with Crippen molar-refractivity contribution >= 4 is 17.9 Å². The van der Waals surface area contributed by atoms with E-state index in [-0.39, 0.29) is 17.2 Å². The molecule has 0 bridgehead atoms. The predicted molar refractivity (Wildman–Crippen MR) is 123 cm³/mol. The Balaban J connectivity index is 1.68. The maximum Gasteiger partial charge on any atom is 0.268 e. The van der Waals surface area contributed by atoms with Gasteiger partial charge in [0.2, 0.25) is 0 Å². The zero-order valence-corrected chi connectivity index (χ0v) is 18.6. The molecule has 0 saturated heterocycles. The quantitative estimate of drug-likeness (QED) is 0.507. The van der Waals surface area contributed by atoms with E-state index in [0.29, 0.717) is 24.5 Å². The highest BCUT2D eigenvalue weighted by molar-refractivity contribution is 6.05. The van der Waals surface area contributed by atoms with E-state index < -0.39 is 5.91 Å². The molecule has 0 aliphatic rings. The Labute approximate surface area is 188 Å². The first kappa shape index (κ1) is 23.0. The lowest BCUT2D eigenvalue weighted by Crippen LogP contribution is -2.34. The molecule has 3 rings (SSSR count). The van der Waals surface area contributed by atoms with Crippen LogP contribution in [0.1, 0.15) is 48.0 Å². The fourth-order valence-electron chi connectivity index (χ4n) is 2.86. The van der Waals surface area contributed by atoms with Gasteiger partial charge in [0.05, 0.1) is 18.5 Å². The van der Waals surface area contributed by atoms with Crippen molar-refractivity contribution in [3.63, 3.8) is 0 Å². The zero-order valence-electron chi connectivity index (χ0n) is 18.6. The van der Waals surface area contributed by atoms with Gasteiger partial charge in [-0.05, 0) is 56.2 Å². The van der Waals surface area contributed by atoms with Crippen molar-refractivity contribution in [3.8, 4) is 0 Å². The number of nitrogens with one attached hydrogen (secondary N) is 2. The summed E-state index contributed by atoms with van der Waals surface area (Å²) in [5.74, 6) is -0.327. The Morgan fingerprint density at radius 2 is 1.72 bits per heavy atom. The summed E-state index contributed by atoms with van der Waals surface area (Å²) in [6.07, 6.45) is 3.01. The van der Waals surface area contributed by atoms with Crippen LogP contribution in [0.25, 0.3) is 6.08 Å². The molecule has 3 aromatic rings.